The molecular weight excluding hydrogens is 264 g/mol. The van der Waals surface area contributed by atoms with Crippen molar-refractivity contribution in [2.75, 3.05) is 6.61 Å². The molecule has 20 heavy (non-hydrogen) atoms. The van der Waals surface area contributed by atoms with Gasteiger partial charge in [-0.3, -0.25) is 0 Å². The SMILES string of the molecule is CC(Oc1ccccc1C(O)C(=O)O)OC1CCCO1. The summed E-state index contributed by atoms with van der Waals surface area (Å²) in [6.45, 7) is 2.37. The number of carboxylic acid groups (broad SMARTS) is 1. The van der Waals surface area contributed by atoms with Gasteiger partial charge in [0.05, 0.1) is 0 Å². The Kier molecular flexibility index (Phi) is 4.94. The number of aliphatic hydroxyl groups excluding tert-OH is 1. The number of aliphatic hydroxyl groups is 1. The van der Waals surface area contributed by atoms with E-state index in [1.165, 1.54) is 6.07 Å². The van der Waals surface area contributed by atoms with Crippen molar-refractivity contribution in [3.05, 3.63) is 29.8 Å². The molecule has 0 aromatic heterocycles. The number of hydrogen-bond donors (Lipinski definition) is 2. The minimum absolute atomic E-state index is 0.197. The van der Waals surface area contributed by atoms with Crippen LogP contribution in [-0.4, -0.2) is 35.4 Å². The lowest BCUT2D eigenvalue weighted by Gasteiger charge is -2.21. The number of carbonyl (C=O) groups is 1. The minimum atomic E-state index is -1.62. The molecule has 1 heterocycles. The lowest BCUT2D eigenvalue weighted by molar-refractivity contribution is -0.193. The summed E-state index contributed by atoms with van der Waals surface area (Å²) < 4.78 is 16.4. The van der Waals surface area contributed by atoms with E-state index < -0.39 is 18.4 Å². The highest BCUT2D eigenvalue weighted by Gasteiger charge is 2.23. The van der Waals surface area contributed by atoms with Gasteiger partial charge in [-0.25, -0.2) is 4.79 Å². The highest BCUT2D eigenvalue weighted by atomic mass is 16.8. The normalized spacial score (nSPS) is 21.4. The van der Waals surface area contributed by atoms with Gasteiger partial charge in [-0.15, -0.1) is 0 Å². The second kappa shape index (κ2) is 6.69. The predicted molar refractivity (Wildman–Crippen MR) is 69.2 cm³/mol. The van der Waals surface area contributed by atoms with Gasteiger partial charge in [-0.05, 0) is 19.4 Å². The van der Waals surface area contributed by atoms with Gasteiger partial charge in [0.2, 0.25) is 0 Å². The van der Waals surface area contributed by atoms with Crippen molar-refractivity contribution >= 4 is 5.97 Å². The Hall–Kier alpha value is -1.63. The maximum atomic E-state index is 10.9. The van der Waals surface area contributed by atoms with Gasteiger partial charge in [0.25, 0.3) is 0 Å². The summed E-state index contributed by atoms with van der Waals surface area (Å²) in [7, 11) is 0. The molecule has 1 fully saturated rings. The highest BCUT2D eigenvalue weighted by Crippen LogP contribution is 2.27. The summed E-state index contributed by atoms with van der Waals surface area (Å²) in [4.78, 5) is 10.9. The molecule has 2 N–H and O–H groups in total. The summed E-state index contributed by atoms with van der Waals surface area (Å²) in [5.74, 6) is -1.04. The number of aliphatic carboxylic acids is 1. The molecule has 3 unspecified atom stereocenters. The van der Waals surface area contributed by atoms with Gasteiger partial charge in [0, 0.05) is 18.6 Å². The molecule has 3 atom stereocenters. The topological polar surface area (TPSA) is 85.2 Å². The molecule has 6 heteroatoms. The van der Waals surface area contributed by atoms with E-state index in [1.807, 2.05) is 0 Å². The first kappa shape index (κ1) is 14.8. The number of benzene rings is 1. The van der Waals surface area contributed by atoms with Crippen LogP contribution in [0.4, 0.5) is 0 Å². The van der Waals surface area contributed by atoms with E-state index in [-0.39, 0.29) is 17.6 Å². The Morgan fingerprint density at radius 1 is 1.45 bits per heavy atom. The monoisotopic (exact) mass is 282 g/mol. The Morgan fingerprint density at radius 2 is 2.20 bits per heavy atom. The van der Waals surface area contributed by atoms with Crippen LogP contribution in [0.1, 0.15) is 31.4 Å². The maximum Gasteiger partial charge on any atom is 0.337 e. The lowest BCUT2D eigenvalue weighted by Crippen LogP contribution is -2.24. The van der Waals surface area contributed by atoms with Crippen molar-refractivity contribution in [1.29, 1.82) is 0 Å². The molecular formula is C14H18O6. The summed E-state index contributed by atoms with van der Waals surface area (Å²) in [5.41, 5.74) is 0.197. The fraction of sp³-hybridized carbons (Fsp3) is 0.500. The summed E-state index contributed by atoms with van der Waals surface area (Å²) in [6, 6.07) is 6.44. The predicted octanol–water partition coefficient (Wildman–Crippen LogP) is 1.68. The zero-order valence-corrected chi connectivity index (χ0v) is 11.2. The van der Waals surface area contributed by atoms with Gasteiger partial charge < -0.3 is 24.4 Å². The average Bonchev–Trinajstić information content (AvgIpc) is 2.91. The van der Waals surface area contributed by atoms with Crippen LogP contribution in [0.2, 0.25) is 0 Å². The minimum Gasteiger partial charge on any atom is -0.479 e. The third kappa shape index (κ3) is 3.69. The molecule has 6 nitrogen and oxygen atoms in total. The third-order valence-corrected chi connectivity index (χ3v) is 2.97. The van der Waals surface area contributed by atoms with E-state index in [4.69, 9.17) is 19.3 Å². The van der Waals surface area contributed by atoms with Crippen molar-refractivity contribution in [3.8, 4) is 5.75 Å². The van der Waals surface area contributed by atoms with Crippen LogP contribution in [-0.2, 0) is 14.3 Å². The third-order valence-electron chi connectivity index (χ3n) is 2.97. The van der Waals surface area contributed by atoms with E-state index in [0.717, 1.165) is 12.8 Å². The van der Waals surface area contributed by atoms with E-state index >= 15 is 0 Å². The summed E-state index contributed by atoms with van der Waals surface area (Å²) in [6.07, 6.45) is -0.748. The number of hydrogen-bond acceptors (Lipinski definition) is 5. The smallest absolute Gasteiger partial charge is 0.337 e. The first-order valence-electron chi connectivity index (χ1n) is 6.51. The van der Waals surface area contributed by atoms with Gasteiger partial charge >= 0.3 is 5.97 Å². The number of para-hydroxylation sites is 1. The zero-order chi connectivity index (χ0) is 14.5. The molecule has 1 aromatic carbocycles. The van der Waals surface area contributed by atoms with Gasteiger partial charge in [-0.2, -0.15) is 0 Å². The standard InChI is InChI=1S/C14H18O6/c1-9(20-12-7-4-8-18-12)19-11-6-3-2-5-10(11)13(15)14(16)17/h2-3,5-6,9,12-13,15H,4,7-8H2,1H3,(H,16,17). The van der Waals surface area contributed by atoms with Gasteiger partial charge in [-0.1, -0.05) is 18.2 Å². The average molecular weight is 282 g/mol. The molecule has 0 radical (unpaired) electrons. The Labute approximate surface area is 116 Å². The van der Waals surface area contributed by atoms with Crippen LogP contribution < -0.4 is 4.74 Å². The molecule has 0 spiro atoms. The quantitative estimate of drug-likeness (QED) is 0.772. The first-order chi connectivity index (χ1) is 9.58. The molecule has 1 aliphatic rings. The van der Waals surface area contributed by atoms with E-state index in [2.05, 4.69) is 0 Å². The van der Waals surface area contributed by atoms with E-state index in [0.29, 0.717) is 6.61 Å². The van der Waals surface area contributed by atoms with E-state index in [1.54, 1.807) is 25.1 Å². The maximum absolute atomic E-state index is 10.9. The van der Waals surface area contributed by atoms with Crippen molar-refractivity contribution in [1.82, 2.24) is 0 Å². The fourth-order valence-electron chi connectivity index (χ4n) is 2.02. The van der Waals surface area contributed by atoms with Crippen molar-refractivity contribution in [3.63, 3.8) is 0 Å². The number of ether oxygens (including phenoxy) is 3. The molecule has 1 aliphatic heterocycles. The molecule has 2 rings (SSSR count). The van der Waals surface area contributed by atoms with Crippen molar-refractivity contribution < 1.29 is 29.2 Å². The van der Waals surface area contributed by atoms with Crippen LogP contribution in [0.5, 0.6) is 5.75 Å². The second-order valence-electron chi connectivity index (χ2n) is 4.54. The molecule has 0 saturated carbocycles. The van der Waals surface area contributed by atoms with Crippen molar-refractivity contribution in [2.45, 2.75) is 38.4 Å². The number of rotatable bonds is 6. The van der Waals surface area contributed by atoms with Gasteiger partial charge in [0.1, 0.15) is 5.75 Å². The van der Waals surface area contributed by atoms with Crippen LogP contribution in [0.15, 0.2) is 24.3 Å². The molecule has 1 aromatic rings. The second-order valence-corrected chi connectivity index (χ2v) is 4.54. The molecule has 0 amide bonds. The summed E-state index contributed by atoms with van der Waals surface area (Å²) in [5, 5.41) is 18.5. The molecule has 1 saturated heterocycles. The molecule has 0 bridgehead atoms. The van der Waals surface area contributed by atoms with E-state index in [9.17, 15) is 9.90 Å². The summed E-state index contributed by atoms with van der Waals surface area (Å²) >= 11 is 0. The van der Waals surface area contributed by atoms with Crippen LogP contribution >= 0.6 is 0 Å². The fourth-order valence-corrected chi connectivity index (χ4v) is 2.02. The Bertz CT molecular complexity index is 455. The molecule has 110 valence electrons. The van der Waals surface area contributed by atoms with Crippen LogP contribution in [0, 0.1) is 0 Å². The lowest BCUT2D eigenvalue weighted by atomic mass is 10.1. The Morgan fingerprint density at radius 3 is 2.85 bits per heavy atom. The van der Waals surface area contributed by atoms with Gasteiger partial charge in [0.15, 0.2) is 18.7 Å². The highest BCUT2D eigenvalue weighted by molar-refractivity contribution is 5.75. The van der Waals surface area contributed by atoms with Crippen LogP contribution in [0.25, 0.3) is 0 Å². The molecule has 0 aliphatic carbocycles. The van der Waals surface area contributed by atoms with Crippen LogP contribution in [0.3, 0.4) is 0 Å². The Balaban J connectivity index is 2.02. The van der Waals surface area contributed by atoms with Crippen molar-refractivity contribution in [2.24, 2.45) is 0 Å². The largest absolute Gasteiger partial charge is 0.479 e. The first-order valence-corrected chi connectivity index (χ1v) is 6.51. The number of carboxylic acids is 1. The zero-order valence-electron chi connectivity index (χ0n) is 11.2.